The number of carbonyl (C=O) groups is 1. The summed E-state index contributed by atoms with van der Waals surface area (Å²) in [4.78, 5) is 12.9. The number of rotatable bonds is 7. The van der Waals surface area contributed by atoms with Gasteiger partial charge in [0.1, 0.15) is 12.2 Å². The van der Waals surface area contributed by atoms with Crippen LogP contribution in [0.25, 0.3) is 0 Å². The van der Waals surface area contributed by atoms with Crippen molar-refractivity contribution in [1.29, 1.82) is 0 Å². The van der Waals surface area contributed by atoms with Crippen LogP contribution in [0.3, 0.4) is 0 Å². The normalized spacial score (nSPS) is 29.5. The first kappa shape index (κ1) is 19.2. The van der Waals surface area contributed by atoms with Crippen LogP contribution in [0, 0.1) is 0 Å². The molecule has 26 heavy (non-hydrogen) atoms. The van der Waals surface area contributed by atoms with Crippen LogP contribution < -0.4 is 0 Å². The zero-order valence-electron chi connectivity index (χ0n) is 15.4. The van der Waals surface area contributed by atoms with Gasteiger partial charge in [-0.1, -0.05) is 25.1 Å². The summed E-state index contributed by atoms with van der Waals surface area (Å²) >= 11 is 0. The zero-order valence-corrected chi connectivity index (χ0v) is 15.4. The molecule has 0 aliphatic carbocycles. The molecule has 4 atom stereocenters. The molecule has 3 rings (SSSR count). The van der Waals surface area contributed by atoms with Crippen LogP contribution in [-0.2, 0) is 32.0 Å². The maximum atomic E-state index is 12.9. The Balaban J connectivity index is 1.76. The Morgan fingerprint density at radius 3 is 2.77 bits per heavy atom. The second-order valence-corrected chi connectivity index (χ2v) is 7.02. The molecule has 0 unspecified atom stereocenters. The molecule has 2 aliphatic heterocycles. The van der Waals surface area contributed by atoms with E-state index in [0.29, 0.717) is 18.8 Å². The van der Waals surface area contributed by atoms with Gasteiger partial charge < -0.3 is 24.1 Å². The fourth-order valence-corrected chi connectivity index (χ4v) is 3.38. The third-order valence-electron chi connectivity index (χ3n) is 4.64. The molecule has 1 aromatic carbocycles. The van der Waals surface area contributed by atoms with Crippen molar-refractivity contribution in [3.05, 3.63) is 47.5 Å². The first-order valence-electron chi connectivity index (χ1n) is 8.90. The second kappa shape index (κ2) is 7.58. The molecule has 142 valence electrons. The molecular formula is C20H26O6. The van der Waals surface area contributed by atoms with Crippen molar-refractivity contribution >= 4 is 5.78 Å². The molecule has 0 aromatic heterocycles. The largest absolute Gasteiger partial charge is 0.387 e. The third-order valence-corrected chi connectivity index (χ3v) is 4.64. The molecule has 0 amide bonds. The van der Waals surface area contributed by atoms with E-state index in [9.17, 15) is 9.90 Å². The van der Waals surface area contributed by atoms with Gasteiger partial charge in [0.15, 0.2) is 24.0 Å². The molecule has 0 radical (unpaired) electrons. The Bertz CT molecular complexity index is 683. The molecule has 1 N–H and O–H groups in total. The van der Waals surface area contributed by atoms with E-state index in [1.54, 1.807) is 32.1 Å². The molecule has 0 saturated carbocycles. The van der Waals surface area contributed by atoms with Crippen LogP contribution >= 0.6 is 0 Å². The minimum Gasteiger partial charge on any atom is -0.387 e. The minimum atomic E-state index is -1.07. The van der Waals surface area contributed by atoms with Crippen molar-refractivity contribution in [2.45, 2.75) is 64.2 Å². The van der Waals surface area contributed by atoms with Crippen LogP contribution in [0.4, 0.5) is 0 Å². The number of aliphatic hydroxyl groups is 1. The fraction of sp³-hybridized carbons (Fsp3) is 0.550. The van der Waals surface area contributed by atoms with Crippen molar-refractivity contribution < 1.29 is 28.8 Å². The highest BCUT2D eigenvalue weighted by Gasteiger charge is 2.56. The maximum absolute atomic E-state index is 12.9. The number of hydrogen-bond acceptors (Lipinski definition) is 6. The number of ether oxygens (including phenoxy) is 4. The number of fused-ring (bicyclic) bond motifs is 1. The van der Waals surface area contributed by atoms with Gasteiger partial charge in [-0.25, -0.2) is 0 Å². The highest BCUT2D eigenvalue weighted by Crippen LogP contribution is 2.38. The summed E-state index contributed by atoms with van der Waals surface area (Å²) in [6.07, 6.45) is -0.950. The molecule has 6 heteroatoms. The van der Waals surface area contributed by atoms with E-state index < -0.39 is 30.4 Å². The Kier molecular flexibility index (Phi) is 5.60. The monoisotopic (exact) mass is 362 g/mol. The third kappa shape index (κ3) is 3.75. The van der Waals surface area contributed by atoms with Gasteiger partial charge in [-0.3, -0.25) is 4.79 Å². The molecule has 2 heterocycles. The Morgan fingerprint density at radius 1 is 1.35 bits per heavy atom. The van der Waals surface area contributed by atoms with Crippen molar-refractivity contribution in [2.24, 2.45) is 0 Å². The van der Waals surface area contributed by atoms with Crippen molar-refractivity contribution in [3.8, 4) is 0 Å². The van der Waals surface area contributed by atoms with Gasteiger partial charge in [0.2, 0.25) is 0 Å². The number of benzene rings is 1. The SMILES string of the molecule is C=CCOCc1cc(C(=O)[C@@H]2O[C@H]3OC(C)(C)O[C@H]3[C@@H]2O)ccc1CC. The number of aryl methyl sites for hydroxylation is 1. The first-order chi connectivity index (χ1) is 12.4. The lowest BCUT2D eigenvalue weighted by molar-refractivity contribution is -0.208. The average molecular weight is 362 g/mol. The summed E-state index contributed by atoms with van der Waals surface area (Å²) in [6.45, 7) is 10.0. The number of hydrogen-bond donors (Lipinski definition) is 1. The summed E-state index contributed by atoms with van der Waals surface area (Å²) in [5.74, 6) is -1.12. The van der Waals surface area contributed by atoms with E-state index in [1.165, 1.54) is 0 Å². The van der Waals surface area contributed by atoms with Crippen molar-refractivity contribution in [3.63, 3.8) is 0 Å². The number of aliphatic hydroxyl groups excluding tert-OH is 1. The van der Waals surface area contributed by atoms with E-state index in [-0.39, 0.29) is 5.78 Å². The number of Topliss-reactive ketones (excluding diaryl/α,β-unsaturated/α-hetero) is 1. The predicted octanol–water partition coefficient (Wildman–Crippen LogP) is 2.37. The molecule has 2 fully saturated rings. The fourth-order valence-electron chi connectivity index (χ4n) is 3.38. The molecule has 0 bridgehead atoms. The predicted molar refractivity (Wildman–Crippen MR) is 94.7 cm³/mol. The van der Waals surface area contributed by atoms with Crippen LogP contribution in [0.2, 0.25) is 0 Å². The minimum absolute atomic E-state index is 0.287. The Hall–Kier alpha value is -1.57. The molecule has 6 nitrogen and oxygen atoms in total. The van der Waals surface area contributed by atoms with Gasteiger partial charge in [-0.2, -0.15) is 0 Å². The zero-order chi connectivity index (χ0) is 18.9. The van der Waals surface area contributed by atoms with Crippen LogP contribution in [0.1, 0.15) is 42.3 Å². The summed E-state index contributed by atoms with van der Waals surface area (Å²) in [5.41, 5.74) is 2.54. The van der Waals surface area contributed by atoms with Crippen molar-refractivity contribution in [1.82, 2.24) is 0 Å². The van der Waals surface area contributed by atoms with Gasteiger partial charge in [0, 0.05) is 5.56 Å². The highest BCUT2D eigenvalue weighted by atomic mass is 16.8. The maximum Gasteiger partial charge on any atom is 0.194 e. The number of carbonyl (C=O) groups excluding carboxylic acids is 1. The lowest BCUT2D eigenvalue weighted by Crippen LogP contribution is -2.38. The molecule has 1 aromatic rings. The summed E-state index contributed by atoms with van der Waals surface area (Å²) in [7, 11) is 0. The van der Waals surface area contributed by atoms with E-state index >= 15 is 0 Å². The van der Waals surface area contributed by atoms with Gasteiger partial charge in [0.05, 0.1) is 13.2 Å². The standard InChI is InChI=1S/C20H26O6/c1-5-9-23-11-14-10-13(8-7-12(14)6-2)15(21)17-16(22)18-19(24-17)26-20(3,4)25-18/h5,7-8,10,16-19,22H,1,6,9,11H2,2-4H3/t16-,17+,18+,19+/m1/s1. The van der Waals surface area contributed by atoms with E-state index in [0.717, 1.165) is 17.5 Å². The van der Waals surface area contributed by atoms with Crippen molar-refractivity contribution in [2.75, 3.05) is 6.61 Å². The van der Waals surface area contributed by atoms with E-state index in [2.05, 4.69) is 13.5 Å². The van der Waals surface area contributed by atoms with Crippen LogP contribution in [0.15, 0.2) is 30.9 Å². The lowest BCUT2D eigenvalue weighted by atomic mass is 9.96. The van der Waals surface area contributed by atoms with Crippen LogP contribution in [-0.4, -0.2) is 47.9 Å². The highest BCUT2D eigenvalue weighted by molar-refractivity contribution is 6.00. The quantitative estimate of drug-likeness (QED) is 0.456. The lowest BCUT2D eigenvalue weighted by Gasteiger charge is -2.22. The van der Waals surface area contributed by atoms with E-state index in [1.807, 2.05) is 6.07 Å². The number of ketones is 1. The van der Waals surface area contributed by atoms with Gasteiger partial charge in [-0.15, -0.1) is 6.58 Å². The van der Waals surface area contributed by atoms with Gasteiger partial charge in [0.25, 0.3) is 0 Å². The van der Waals surface area contributed by atoms with E-state index in [4.69, 9.17) is 18.9 Å². The van der Waals surface area contributed by atoms with Crippen LogP contribution in [0.5, 0.6) is 0 Å². The van der Waals surface area contributed by atoms with Gasteiger partial charge in [-0.05, 0) is 37.5 Å². The molecule has 2 saturated heterocycles. The molecule has 0 spiro atoms. The average Bonchev–Trinajstić information content (AvgIpc) is 3.07. The molecular weight excluding hydrogens is 336 g/mol. The van der Waals surface area contributed by atoms with Gasteiger partial charge >= 0.3 is 0 Å². The summed E-state index contributed by atoms with van der Waals surface area (Å²) < 4.78 is 22.4. The topological polar surface area (TPSA) is 74.2 Å². The first-order valence-corrected chi connectivity index (χ1v) is 8.90. The Labute approximate surface area is 153 Å². The summed E-state index contributed by atoms with van der Waals surface area (Å²) in [6, 6.07) is 5.48. The Morgan fingerprint density at radius 2 is 2.12 bits per heavy atom. The smallest absolute Gasteiger partial charge is 0.194 e. The summed E-state index contributed by atoms with van der Waals surface area (Å²) in [5, 5.41) is 10.5. The molecule has 2 aliphatic rings. The second-order valence-electron chi connectivity index (χ2n) is 7.02.